The third kappa shape index (κ3) is 4.05. The summed E-state index contributed by atoms with van der Waals surface area (Å²) < 4.78 is 26.8. The highest BCUT2D eigenvalue weighted by atomic mass is 35.5. The topological polar surface area (TPSA) is 46.2 Å². The van der Waals surface area contributed by atoms with Gasteiger partial charge in [0, 0.05) is 16.3 Å². The number of alkyl halides is 1. The van der Waals surface area contributed by atoms with Crippen molar-refractivity contribution in [1.82, 2.24) is 4.72 Å². The van der Waals surface area contributed by atoms with Gasteiger partial charge in [-0.2, -0.15) is 0 Å². The van der Waals surface area contributed by atoms with Crippen LogP contribution in [0.1, 0.15) is 25.1 Å². The van der Waals surface area contributed by atoms with E-state index < -0.39 is 10.0 Å². The molecule has 1 heterocycles. The summed E-state index contributed by atoms with van der Waals surface area (Å²) >= 11 is 7.09. The van der Waals surface area contributed by atoms with Crippen molar-refractivity contribution in [3.05, 3.63) is 17.0 Å². The molecule has 0 amide bonds. The molecular formula is C10H16ClNO2S2. The van der Waals surface area contributed by atoms with Gasteiger partial charge in [0.1, 0.15) is 4.21 Å². The first-order valence-electron chi connectivity index (χ1n) is 5.04. The van der Waals surface area contributed by atoms with E-state index in [-0.39, 0.29) is 11.4 Å². The number of hydrogen-bond donors (Lipinski definition) is 1. The van der Waals surface area contributed by atoms with Gasteiger partial charge in [-0.3, -0.25) is 0 Å². The van der Waals surface area contributed by atoms with Gasteiger partial charge in [0.15, 0.2) is 0 Å². The number of halogens is 1. The molecule has 16 heavy (non-hydrogen) atoms. The Morgan fingerprint density at radius 1 is 1.44 bits per heavy atom. The summed E-state index contributed by atoms with van der Waals surface area (Å²) in [6, 6.07) is 3.27. The molecule has 0 fully saturated rings. The largest absolute Gasteiger partial charge is 0.250 e. The monoisotopic (exact) mass is 281 g/mol. The number of rotatable bonds is 5. The van der Waals surface area contributed by atoms with E-state index in [1.165, 1.54) is 11.3 Å². The quantitative estimate of drug-likeness (QED) is 0.844. The highest BCUT2D eigenvalue weighted by Gasteiger charge is 2.19. The minimum atomic E-state index is -3.37. The molecule has 1 aromatic heterocycles. The highest BCUT2D eigenvalue weighted by Crippen LogP contribution is 2.21. The van der Waals surface area contributed by atoms with Crippen LogP contribution < -0.4 is 4.72 Å². The third-order valence-electron chi connectivity index (χ3n) is 2.02. The standard InChI is InChI=1S/C10H16ClNO2S2/c1-7(11)6-8(2)12-16(13,14)10-5-4-9(3)15-10/h4-5,7-8,12H,6H2,1-3H3. The minimum Gasteiger partial charge on any atom is -0.208 e. The predicted octanol–water partition coefficient (Wildman–Crippen LogP) is 2.74. The second-order valence-electron chi connectivity index (χ2n) is 3.90. The molecule has 0 spiro atoms. The molecule has 0 radical (unpaired) electrons. The van der Waals surface area contributed by atoms with Crippen molar-refractivity contribution < 1.29 is 8.42 Å². The molecular weight excluding hydrogens is 266 g/mol. The Balaban J connectivity index is 2.73. The summed E-state index contributed by atoms with van der Waals surface area (Å²) in [5.41, 5.74) is 0. The van der Waals surface area contributed by atoms with E-state index in [4.69, 9.17) is 11.6 Å². The van der Waals surface area contributed by atoms with Crippen LogP contribution in [0.4, 0.5) is 0 Å². The van der Waals surface area contributed by atoms with Crippen molar-refractivity contribution in [1.29, 1.82) is 0 Å². The molecule has 0 aliphatic heterocycles. The number of hydrogen-bond acceptors (Lipinski definition) is 3. The molecule has 2 unspecified atom stereocenters. The number of nitrogens with one attached hydrogen (secondary N) is 1. The summed E-state index contributed by atoms with van der Waals surface area (Å²) in [6.07, 6.45) is 0.616. The van der Waals surface area contributed by atoms with Crippen molar-refractivity contribution in [2.24, 2.45) is 0 Å². The van der Waals surface area contributed by atoms with Crippen LogP contribution in [0, 0.1) is 6.92 Å². The average molecular weight is 282 g/mol. The lowest BCUT2D eigenvalue weighted by molar-refractivity contribution is 0.547. The van der Waals surface area contributed by atoms with Crippen LogP contribution in [0.15, 0.2) is 16.3 Å². The van der Waals surface area contributed by atoms with E-state index in [0.29, 0.717) is 10.6 Å². The van der Waals surface area contributed by atoms with Crippen LogP contribution in [0.5, 0.6) is 0 Å². The Labute approximate surface area is 106 Å². The maximum atomic E-state index is 11.9. The number of thiophene rings is 1. The SMILES string of the molecule is Cc1ccc(S(=O)(=O)NC(C)CC(C)Cl)s1. The minimum absolute atomic E-state index is 0.0391. The number of aryl methyl sites for hydroxylation is 1. The zero-order chi connectivity index (χ0) is 12.3. The van der Waals surface area contributed by atoms with Gasteiger partial charge in [-0.25, -0.2) is 13.1 Å². The Hall–Kier alpha value is -0.100. The lowest BCUT2D eigenvalue weighted by atomic mass is 10.2. The maximum Gasteiger partial charge on any atom is 0.250 e. The molecule has 0 aliphatic rings. The molecule has 0 saturated carbocycles. The van der Waals surface area contributed by atoms with Crippen molar-refractivity contribution in [3.8, 4) is 0 Å². The van der Waals surface area contributed by atoms with E-state index in [2.05, 4.69) is 4.72 Å². The van der Waals surface area contributed by atoms with Crippen LogP contribution in [0.25, 0.3) is 0 Å². The van der Waals surface area contributed by atoms with E-state index in [9.17, 15) is 8.42 Å². The Morgan fingerprint density at radius 2 is 2.06 bits per heavy atom. The van der Waals surface area contributed by atoms with E-state index in [0.717, 1.165) is 4.88 Å². The smallest absolute Gasteiger partial charge is 0.208 e. The first-order chi connectivity index (χ1) is 7.31. The molecule has 1 aromatic rings. The lowest BCUT2D eigenvalue weighted by Gasteiger charge is -2.14. The van der Waals surface area contributed by atoms with E-state index in [1.54, 1.807) is 12.1 Å². The van der Waals surface area contributed by atoms with Gasteiger partial charge in [-0.05, 0) is 39.3 Å². The van der Waals surface area contributed by atoms with Crippen LogP contribution in [-0.2, 0) is 10.0 Å². The summed E-state index contributed by atoms with van der Waals surface area (Å²) in [6.45, 7) is 5.55. The molecule has 2 atom stereocenters. The van der Waals surface area contributed by atoms with Gasteiger partial charge in [-0.15, -0.1) is 22.9 Å². The van der Waals surface area contributed by atoms with Crippen LogP contribution in [0.3, 0.4) is 0 Å². The van der Waals surface area contributed by atoms with E-state index in [1.807, 2.05) is 20.8 Å². The fourth-order valence-electron chi connectivity index (χ4n) is 1.41. The molecule has 1 rings (SSSR count). The second kappa shape index (κ2) is 5.49. The first-order valence-corrected chi connectivity index (χ1v) is 7.77. The van der Waals surface area contributed by atoms with Crippen molar-refractivity contribution >= 4 is 33.0 Å². The van der Waals surface area contributed by atoms with Gasteiger partial charge >= 0.3 is 0 Å². The third-order valence-corrected chi connectivity index (χ3v) is 5.28. The summed E-state index contributed by atoms with van der Waals surface area (Å²) in [7, 11) is -3.37. The predicted molar refractivity (Wildman–Crippen MR) is 68.8 cm³/mol. The lowest BCUT2D eigenvalue weighted by Crippen LogP contribution is -2.33. The maximum absolute atomic E-state index is 11.9. The molecule has 0 bridgehead atoms. The summed E-state index contributed by atoms with van der Waals surface area (Å²) in [5.74, 6) is 0. The Bertz CT molecular complexity index is 439. The van der Waals surface area contributed by atoms with Crippen LogP contribution in [-0.4, -0.2) is 19.8 Å². The van der Waals surface area contributed by atoms with Crippen LogP contribution in [0.2, 0.25) is 0 Å². The Kier molecular flexibility index (Phi) is 4.79. The van der Waals surface area contributed by atoms with Gasteiger partial charge in [-0.1, -0.05) is 0 Å². The zero-order valence-corrected chi connectivity index (χ0v) is 11.9. The fourth-order valence-corrected chi connectivity index (χ4v) is 4.24. The molecule has 1 N–H and O–H groups in total. The molecule has 0 saturated heterocycles. The zero-order valence-electron chi connectivity index (χ0n) is 9.53. The molecule has 0 aromatic carbocycles. The molecule has 92 valence electrons. The normalized spacial score (nSPS) is 16.0. The summed E-state index contributed by atoms with van der Waals surface area (Å²) in [4.78, 5) is 0.985. The molecule has 3 nitrogen and oxygen atoms in total. The van der Waals surface area contributed by atoms with Gasteiger partial charge < -0.3 is 0 Å². The van der Waals surface area contributed by atoms with Gasteiger partial charge in [0.05, 0.1) is 0 Å². The summed E-state index contributed by atoms with van der Waals surface area (Å²) in [5, 5.41) is -0.0391. The highest BCUT2D eigenvalue weighted by molar-refractivity contribution is 7.91. The van der Waals surface area contributed by atoms with Crippen LogP contribution >= 0.6 is 22.9 Å². The Morgan fingerprint density at radius 3 is 2.50 bits per heavy atom. The average Bonchev–Trinajstić information content (AvgIpc) is 2.49. The van der Waals surface area contributed by atoms with Crippen molar-refractivity contribution in [2.75, 3.05) is 0 Å². The molecule has 6 heteroatoms. The fraction of sp³-hybridized carbons (Fsp3) is 0.600. The van der Waals surface area contributed by atoms with E-state index >= 15 is 0 Å². The number of sulfonamides is 1. The second-order valence-corrected chi connectivity index (χ2v) is 7.88. The van der Waals surface area contributed by atoms with Crippen molar-refractivity contribution in [2.45, 2.75) is 42.8 Å². The molecule has 0 aliphatic carbocycles. The first kappa shape index (κ1) is 14.0. The van der Waals surface area contributed by atoms with Gasteiger partial charge in [0.25, 0.3) is 0 Å². The van der Waals surface area contributed by atoms with Crippen molar-refractivity contribution in [3.63, 3.8) is 0 Å². The van der Waals surface area contributed by atoms with Gasteiger partial charge in [0.2, 0.25) is 10.0 Å².